The molecule has 0 saturated carbocycles. The molecule has 0 aliphatic heterocycles. The zero-order valence-electron chi connectivity index (χ0n) is 25.4. The van der Waals surface area contributed by atoms with Crippen LogP contribution in [0.2, 0.25) is 0 Å². The fourth-order valence-electron chi connectivity index (χ4n) is 4.90. The minimum atomic E-state index is -0.973. The number of aliphatic carboxylic acids is 1. The van der Waals surface area contributed by atoms with E-state index in [2.05, 4.69) is 34.2 Å². The standard InChI is InChI=1S/C35H39N5O4/c1-38(2)19-9-20-39(3)32-16-15-29(23-31(32)37-34(43)27-11-5-4-6-12-27)28-13-7-10-26(22-28)25-40(21-17-33(41)42)35(44)30-14-8-18-36-24-30/h4-8,10-16,18,22-24H,9,17,19-21,25H2,1-3H3,(H,37,43)(H,41,42). The van der Waals surface area contributed by atoms with Crippen LogP contribution in [-0.2, 0) is 11.3 Å². The van der Waals surface area contributed by atoms with Crippen LogP contribution < -0.4 is 10.2 Å². The molecule has 0 saturated heterocycles. The molecule has 0 unspecified atom stereocenters. The molecule has 0 bridgehead atoms. The van der Waals surface area contributed by atoms with Gasteiger partial charge in [-0.3, -0.25) is 19.4 Å². The quantitative estimate of drug-likeness (QED) is 0.199. The van der Waals surface area contributed by atoms with Crippen LogP contribution in [0.1, 0.15) is 39.1 Å². The number of hydrogen-bond donors (Lipinski definition) is 2. The molecule has 0 aliphatic carbocycles. The number of anilines is 2. The maximum Gasteiger partial charge on any atom is 0.305 e. The first-order valence-electron chi connectivity index (χ1n) is 14.6. The lowest BCUT2D eigenvalue weighted by Gasteiger charge is -2.24. The van der Waals surface area contributed by atoms with Crippen molar-refractivity contribution < 1.29 is 19.5 Å². The Morgan fingerprint density at radius 3 is 2.25 bits per heavy atom. The summed E-state index contributed by atoms with van der Waals surface area (Å²) in [6, 6.07) is 26.3. The molecule has 0 radical (unpaired) electrons. The first-order chi connectivity index (χ1) is 21.2. The summed E-state index contributed by atoms with van der Waals surface area (Å²) in [5.74, 6) is -1.45. The fourth-order valence-corrected chi connectivity index (χ4v) is 4.90. The van der Waals surface area contributed by atoms with Crippen molar-refractivity contribution in [2.24, 2.45) is 0 Å². The first kappa shape index (κ1) is 31.9. The van der Waals surface area contributed by atoms with Crippen LogP contribution in [0.3, 0.4) is 0 Å². The van der Waals surface area contributed by atoms with Gasteiger partial charge in [-0.1, -0.05) is 42.5 Å². The fraction of sp³-hybridized carbons (Fsp3) is 0.257. The van der Waals surface area contributed by atoms with Crippen LogP contribution in [0, 0.1) is 0 Å². The summed E-state index contributed by atoms with van der Waals surface area (Å²) in [5.41, 5.74) is 5.24. The highest BCUT2D eigenvalue weighted by atomic mass is 16.4. The molecule has 228 valence electrons. The van der Waals surface area contributed by atoms with Crippen LogP contribution in [0.25, 0.3) is 11.1 Å². The number of pyridine rings is 1. The van der Waals surface area contributed by atoms with E-state index in [1.807, 2.05) is 67.7 Å². The minimum Gasteiger partial charge on any atom is -0.481 e. The molecule has 44 heavy (non-hydrogen) atoms. The molecule has 2 N–H and O–H groups in total. The van der Waals surface area contributed by atoms with Crippen LogP contribution in [0.4, 0.5) is 11.4 Å². The van der Waals surface area contributed by atoms with Gasteiger partial charge in [-0.15, -0.1) is 0 Å². The number of carboxylic acids is 1. The molecular weight excluding hydrogens is 554 g/mol. The number of hydrogen-bond acceptors (Lipinski definition) is 6. The molecule has 1 aromatic heterocycles. The van der Waals surface area contributed by atoms with Crippen LogP contribution in [0.15, 0.2) is 97.3 Å². The van der Waals surface area contributed by atoms with Gasteiger partial charge in [-0.25, -0.2) is 0 Å². The number of nitrogens with one attached hydrogen (secondary N) is 1. The molecular formula is C35H39N5O4. The predicted molar refractivity (Wildman–Crippen MR) is 174 cm³/mol. The number of nitrogens with zero attached hydrogens (tertiary/aromatic N) is 4. The number of amides is 2. The average Bonchev–Trinajstić information content (AvgIpc) is 3.03. The summed E-state index contributed by atoms with van der Waals surface area (Å²) in [5, 5.41) is 12.4. The van der Waals surface area contributed by atoms with Gasteiger partial charge in [0.15, 0.2) is 0 Å². The molecule has 1 heterocycles. The van der Waals surface area contributed by atoms with Crippen molar-refractivity contribution in [1.82, 2.24) is 14.8 Å². The second-order valence-electron chi connectivity index (χ2n) is 10.9. The monoisotopic (exact) mass is 593 g/mol. The van der Waals surface area contributed by atoms with E-state index in [4.69, 9.17) is 0 Å². The first-order valence-corrected chi connectivity index (χ1v) is 14.6. The Labute approximate surface area is 258 Å². The van der Waals surface area contributed by atoms with Crippen molar-refractivity contribution in [2.75, 3.05) is 51.0 Å². The van der Waals surface area contributed by atoms with E-state index in [0.717, 1.165) is 41.9 Å². The lowest BCUT2D eigenvalue weighted by molar-refractivity contribution is -0.137. The summed E-state index contributed by atoms with van der Waals surface area (Å²) >= 11 is 0. The zero-order chi connectivity index (χ0) is 31.5. The van der Waals surface area contributed by atoms with Gasteiger partial charge >= 0.3 is 5.97 Å². The van der Waals surface area contributed by atoms with E-state index in [-0.39, 0.29) is 31.3 Å². The second kappa shape index (κ2) is 15.5. The molecule has 4 aromatic rings. The third kappa shape index (κ3) is 8.99. The smallest absolute Gasteiger partial charge is 0.305 e. The summed E-state index contributed by atoms with van der Waals surface area (Å²) in [7, 11) is 6.12. The summed E-state index contributed by atoms with van der Waals surface area (Å²) in [6.45, 7) is 2.07. The third-order valence-corrected chi connectivity index (χ3v) is 7.22. The Hall–Kier alpha value is -5.02. The van der Waals surface area contributed by atoms with Crippen molar-refractivity contribution in [3.8, 4) is 11.1 Å². The second-order valence-corrected chi connectivity index (χ2v) is 10.9. The summed E-state index contributed by atoms with van der Waals surface area (Å²) < 4.78 is 0. The highest BCUT2D eigenvalue weighted by Crippen LogP contribution is 2.32. The molecule has 9 nitrogen and oxygen atoms in total. The molecule has 0 atom stereocenters. The lowest BCUT2D eigenvalue weighted by Crippen LogP contribution is -2.32. The van der Waals surface area contributed by atoms with Gasteiger partial charge in [0.1, 0.15) is 0 Å². The van der Waals surface area contributed by atoms with E-state index < -0.39 is 5.97 Å². The topological polar surface area (TPSA) is 106 Å². The Bertz CT molecular complexity index is 1560. The van der Waals surface area contributed by atoms with Gasteiger partial charge in [-0.2, -0.15) is 0 Å². The highest BCUT2D eigenvalue weighted by molar-refractivity contribution is 6.06. The zero-order valence-corrected chi connectivity index (χ0v) is 25.4. The van der Waals surface area contributed by atoms with E-state index in [1.165, 1.54) is 11.1 Å². The molecule has 4 rings (SSSR count). The minimum absolute atomic E-state index is 0.0673. The van der Waals surface area contributed by atoms with E-state index in [1.54, 1.807) is 30.5 Å². The summed E-state index contributed by atoms with van der Waals surface area (Å²) in [6.07, 6.45) is 3.87. The average molecular weight is 594 g/mol. The maximum absolute atomic E-state index is 13.2. The van der Waals surface area contributed by atoms with E-state index >= 15 is 0 Å². The Balaban J connectivity index is 1.62. The predicted octanol–water partition coefficient (Wildman–Crippen LogP) is 5.51. The van der Waals surface area contributed by atoms with Gasteiger partial charge in [0.05, 0.1) is 23.4 Å². The lowest BCUT2D eigenvalue weighted by atomic mass is 10.0. The van der Waals surface area contributed by atoms with Gasteiger partial charge in [-0.05, 0) is 86.2 Å². The van der Waals surface area contributed by atoms with Crippen LogP contribution in [0.5, 0.6) is 0 Å². The molecule has 0 fully saturated rings. The Kier molecular flexibility index (Phi) is 11.2. The Morgan fingerprint density at radius 1 is 0.795 bits per heavy atom. The van der Waals surface area contributed by atoms with Crippen molar-refractivity contribution in [3.05, 3.63) is 114 Å². The van der Waals surface area contributed by atoms with Crippen molar-refractivity contribution in [3.63, 3.8) is 0 Å². The van der Waals surface area contributed by atoms with Gasteiger partial charge in [0, 0.05) is 44.6 Å². The summed E-state index contributed by atoms with van der Waals surface area (Å²) in [4.78, 5) is 47.6. The largest absolute Gasteiger partial charge is 0.481 e. The molecule has 9 heteroatoms. The SMILES string of the molecule is CN(C)CCCN(C)c1ccc(-c2cccc(CN(CCC(=O)O)C(=O)c3cccnc3)c2)cc1NC(=O)c1ccccc1. The number of rotatable bonds is 14. The third-order valence-electron chi connectivity index (χ3n) is 7.22. The van der Waals surface area contributed by atoms with E-state index in [0.29, 0.717) is 16.8 Å². The number of carboxylic acid groups (broad SMARTS) is 1. The van der Waals surface area contributed by atoms with Gasteiger partial charge in [0.2, 0.25) is 0 Å². The normalized spacial score (nSPS) is 10.8. The number of carbonyl (C=O) groups excluding carboxylic acids is 2. The highest BCUT2D eigenvalue weighted by Gasteiger charge is 2.19. The molecule has 3 aromatic carbocycles. The molecule has 0 aliphatic rings. The van der Waals surface area contributed by atoms with Gasteiger partial charge < -0.3 is 25.1 Å². The Morgan fingerprint density at radius 2 is 1.55 bits per heavy atom. The van der Waals surface area contributed by atoms with Gasteiger partial charge in [0.25, 0.3) is 11.8 Å². The molecule has 0 spiro atoms. The number of benzene rings is 3. The maximum atomic E-state index is 13.2. The molecule has 2 amide bonds. The van der Waals surface area contributed by atoms with Crippen molar-refractivity contribution in [2.45, 2.75) is 19.4 Å². The van der Waals surface area contributed by atoms with E-state index in [9.17, 15) is 19.5 Å². The van der Waals surface area contributed by atoms with Crippen LogP contribution in [-0.4, -0.2) is 78.5 Å². The number of carbonyl (C=O) groups is 3. The van der Waals surface area contributed by atoms with Crippen molar-refractivity contribution >= 4 is 29.2 Å². The van der Waals surface area contributed by atoms with Crippen molar-refractivity contribution in [1.29, 1.82) is 0 Å². The number of aromatic nitrogens is 1. The van der Waals surface area contributed by atoms with Crippen LogP contribution >= 0.6 is 0 Å².